The highest BCUT2D eigenvalue weighted by Gasteiger charge is 2.29. The zero-order chi connectivity index (χ0) is 20.8. The zero-order valence-electron chi connectivity index (χ0n) is 16.4. The van der Waals surface area contributed by atoms with E-state index in [1.807, 2.05) is 0 Å². The van der Waals surface area contributed by atoms with E-state index in [-0.39, 0.29) is 42.7 Å². The summed E-state index contributed by atoms with van der Waals surface area (Å²) in [6, 6.07) is 5.99. The van der Waals surface area contributed by atoms with Gasteiger partial charge in [-0.15, -0.1) is 0 Å². The summed E-state index contributed by atoms with van der Waals surface area (Å²) < 4.78 is 4.98. The fourth-order valence-corrected chi connectivity index (χ4v) is 3.51. The molecule has 1 aromatic rings. The smallest absolute Gasteiger partial charge is 0.409 e. The maximum absolute atomic E-state index is 12.4. The Morgan fingerprint density at radius 2 is 1.93 bits per heavy atom. The molecule has 3 rings (SSSR count). The Morgan fingerprint density at radius 1 is 1.21 bits per heavy atom. The van der Waals surface area contributed by atoms with Gasteiger partial charge in [-0.25, -0.2) is 4.79 Å². The number of para-hydroxylation sites is 1. The van der Waals surface area contributed by atoms with Crippen LogP contribution >= 0.6 is 0 Å². The molecule has 0 aliphatic carbocycles. The van der Waals surface area contributed by atoms with Gasteiger partial charge in [-0.05, 0) is 38.3 Å². The van der Waals surface area contributed by atoms with Crippen molar-refractivity contribution in [2.45, 2.75) is 44.7 Å². The normalized spacial score (nSPS) is 19.5. The number of rotatable bonds is 5. The zero-order valence-corrected chi connectivity index (χ0v) is 16.4. The summed E-state index contributed by atoms with van der Waals surface area (Å²) in [7, 11) is 0. The van der Waals surface area contributed by atoms with Gasteiger partial charge in [0.05, 0.1) is 17.9 Å². The highest BCUT2D eigenvalue weighted by molar-refractivity contribution is 6.09. The van der Waals surface area contributed by atoms with E-state index in [0.717, 1.165) is 0 Å². The highest BCUT2D eigenvalue weighted by Crippen LogP contribution is 2.19. The molecule has 0 saturated carbocycles. The highest BCUT2D eigenvalue weighted by atomic mass is 16.6. The van der Waals surface area contributed by atoms with Crippen molar-refractivity contribution in [2.24, 2.45) is 0 Å². The van der Waals surface area contributed by atoms with Gasteiger partial charge in [-0.3, -0.25) is 14.4 Å². The van der Waals surface area contributed by atoms with Crippen molar-refractivity contribution in [3.8, 4) is 0 Å². The molecule has 156 valence electrons. The van der Waals surface area contributed by atoms with Gasteiger partial charge < -0.3 is 25.6 Å². The van der Waals surface area contributed by atoms with Crippen molar-refractivity contribution in [1.82, 2.24) is 15.5 Å². The number of nitrogens with zero attached hydrogens (tertiary/aromatic N) is 1. The van der Waals surface area contributed by atoms with Gasteiger partial charge in [-0.2, -0.15) is 0 Å². The standard InChI is InChI=1S/C20H26N4O5/c1-2-29-20(28)24-11-9-13(10-12-24)21-17(25)8-7-16-19(27)22-15-6-4-3-5-14(15)18(26)23-16/h3-6,13,16H,2,7-12H2,1H3,(H,21,25)(H,22,27)(H,23,26)/t16-/m1/s1. The average molecular weight is 402 g/mol. The van der Waals surface area contributed by atoms with Crippen molar-refractivity contribution >= 4 is 29.5 Å². The number of hydrogen-bond acceptors (Lipinski definition) is 5. The Labute approximate surface area is 169 Å². The first-order valence-corrected chi connectivity index (χ1v) is 9.89. The number of anilines is 1. The molecule has 0 unspecified atom stereocenters. The fraction of sp³-hybridized carbons (Fsp3) is 0.500. The first-order chi connectivity index (χ1) is 14.0. The molecule has 1 fully saturated rings. The summed E-state index contributed by atoms with van der Waals surface area (Å²) in [6.45, 7) is 3.17. The molecule has 9 heteroatoms. The van der Waals surface area contributed by atoms with Crippen molar-refractivity contribution in [1.29, 1.82) is 0 Å². The molecular weight excluding hydrogens is 376 g/mol. The van der Waals surface area contributed by atoms with Crippen molar-refractivity contribution in [2.75, 3.05) is 25.0 Å². The Morgan fingerprint density at radius 3 is 2.66 bits per heavy atom. The Hall–Kier alpha value is -3.10. The van der Waals surface area contributed by atoms with E-state index in [2.05, 4.69) is 16.0 Å². The van der Waals surface area contributed by atoms with Crippen LogP contribution in [0, 0.1) is 0 Å². The van der Waals surface area contributed by atoms with Crippen LogP contribution in [0.25, 0.3) is 0 Å². The number of fused-ring (bicyclic) bond motifs is 1. The lowest BCUT2D eigenvalue weighted by Crippen LogP contribution is -2.47. The van der Waals surface area contributed by atoms with Gasteiger partial charge in [0.2, 0.25) is 11.8 Å². The predicted molar refractivity (Wildman–Crippen MR) is 105 cm³/mol. The minimum absolute atomic E-state index is 0.0185. The van der Waals surface area contributed by atoms with E-state index in [1.165, 1.54) is 0 Å². The monoisotopic (exact) mass is 402 g/mol. The molecule has 4 amide bonds. The number of ether oxygens (including phenoxy) is 1. The van der Waals surface area contributed by atoms with E-state index < -0.39 is 6.04 Å². The summed E-state index contributed by atoms with van der Waals surface area (Å²) in [4.78, 5) is 50.3. The van der Waals surface area contributed by atoms with E-state index >= 15 is 0 Å². The van der Waals surface area contributed by atoms with Crippen molar-refractivity contribution in [3.63, 3.8) is 0 Å². The Kier molecular flexibility index (Phi) is 6.69. The van der Waals surface area contributed by atoms with Crippen LogP contribution in [0.5, 0.6) is 0 Å². The fourth-order valence-electron chi connectivity index (χ4n) is 3.51. The molecule has 0 aromatic heterocycles. The number of benzene rings is 1. The number of hydrogen-bond donors (Lipinski definition) is 3. The van der Waals surface area contributed by atoms with E-state index in [1.54, 1.807) is 36.1 Å². The van der Waals surface area contributed by atoms with Gasteiger partial charge in [0.25, 0.3) is 5.91 Å². The maximum atomic E-state index is 12.4. The molecule has 1 saturated heterocycles. The second kappa shape index (κ2) is 9.40. The van der Waals surface area contributed by atoms with E-state index in [0.29, 0.717) is 43.8 Å². The molecule has 0 bridgehead atoms. The molecule has 0 spiro atoms. The van der Waals surface area contributed by atoms with E-state index in [9.17, 15) is 19.2 Å². The second-order valence-electron chi connectivity index (χ2n) is 7.13. The van der Waals surface area contributed by atoms with Crippen LogP contribution in [-0.4, -0.2) is 60.5 Å². The molecule has 9 nitrogen and oxygen atoms in total. The summed E-state index contributed by atoms with van der Waals surface area (Å²) in [5.41, 5.74) is 0.872. The van der Waals surface area contributed by atoms with Crippen LogP contribution in [0.4, 0.5) is 10.5 Å². The topological polar surface area (TPSA) is 117 Å². The van der Waals surface area contributed by atoms with Gasteiger partial charge in [0.1, 0.15) is 6.04 Å². The molecule has 2 aliphatic heterocycles. The van der Waals surface area contributed by atoms with Crippen LogP contribution < -0.4 is 16.0 Å². The molecule has 1 aromatic carbocycles. The Balaban J connectivity index is 1.45. The summed E-state index contributed by atoms with van der Waals surface area (Å²) in [5.74, 6) is -0.849. The molecule has 29 heavy (non-hydrogen) atoms. The largest absolute Gasteiger partial charge is 0.450 e. The molecule has 3 N–H and O–H groups in total. The predicted octanol–water partition coefficient (Wildman–Crippen LogP) is 1.25. The third-order valence-electron chi connectivity index (χ3n) is 5.10. The lowest BCUT2D eigenvalue weighted by atomic mass is 10.0. The van der Waals surface area contributed by atoms with Crippen LogP contribution in [-0.2, 0) is 14.3 Å². The summed E-state index contributed by atoms with van der Waals surface area (Å²) >= 11 is 0. The quantitative estimate of drug-likeness (QED) is 0.685. The molecule has 0 radical (unpaired) electrons. The summed E-state index contributed by atoms with van der Waals surface area (Å²) in [6.07, 6.45) is 1.31. The van der Waals surface area contributed by atoms with Crippen LogP contribution in [0.15, 0.2) is 24.3 Å². The Bertz CT molecular complexity index is 789. The van der Waals surface area contributed by atoms with Gasteiger partial charge in [0, 0.05) is 25.6 Å². The third-order valence-corrected chi connectivity index (χ3v) is 5.10. The van der Waals surface area contributed by atoms with Gasteiger partial charge in [0.15, 0.2) is 0 Å². The van der Waals surface area contributed by atoms with Gasteiger partial charge >= 0.3 is 6.09 Å². The lowest BCUT2D eigenvalue weighted by molar-refractivity contribution is -0.122. The maximum Gasteiger partial charge on any atom is 0.409 e. The lowest BCUT2D eigenvalue weighted by Gasteiger charge is -2.31. The van der Waals surface area contributed by atoms with Crippen LogP contribution in [0.1, 0.15) is 43.0 Å². The first-order valence-electron chi connectivity index (χ1n) is 9.89. The number of nitrogens with one attached hydrogen (secondary N) is 3. The minimum Gasteiger partial charge on any atom is -0.450 e. The molecule has 1 atom stereocenters. The van der Waals surface area contributed by atoms with Crippen LogP contribution in [0.2, 0.25) is 0 Å². The number of piperidine rings is 1. The SMILES string of the molecule is CCOC(=O)N1CCC(NC(=O)CC[C@H]2NC(=O)c3ccccc3NC2=O)CC1. The van der Waals surface area contributed by atoms with Crippen molar-refractivity contribution < 1.29 is 23.9 Å². The second-order valence-corrected chi connectivity index (χ2v) is 7.13. The van der Waals surface area contributed by atoms with E-state index in [4.69, 9.17) is 4.74 Å². The molecular formula is C20H26N4O5. The number of amides is 4. The van der Waals surface area contributed by atoms with Gasteiger partial charge in [-0.1, -0.05) is 12.1 Å². The van der Waals surface area contributed by atoms with Crippen LogP contribution in [0.3, 0.4) is 0 Å². The number of carbonyl (C=O) groups excluding carboxylic acids is 4. The summed E-state index contributed by atoms with van der Waals surface area (Å²) in [5, 5.41) is 8.36. The third kappa shape index (κ3) is 5.24. The number of likely N-dealkylation sites (tertiary alicyclic amines) is 1. The molecule has 2 heterocycles. The molecule has 2 aliphatic rings. The average Bonchev–Trinajstić information content (AvgIpc) is 2.83. The first kappa shape index (κ1) is 20.6. The number of carbonyl (C=O) groups is 4. The van der Waals surface area contributed by atoms with Crippen molar-refractivity contribution in [3.05, 3.63) is 29.8 Å². The minimum atomic E-state index is -0.772.